The van der Waals surface area contributed by atoms with Gasteiger partial charge in [0.25, 0.3) is 0 Å². The lowest BCUT2D eigenvalue weighted by Gasteiger charge is -2.27. The van der Waals surface area contributed by atoms with Crippen LogP contribution in [0.1, 0.15) is 35.1 Å². The number of nitrogens with zero attached hydrogens (tertiary/aromatic N) is 1. The monoisotopic (exact) mass is 403 g/mol. The average Bonchev–Trinajstić information content (AvgIpc) is 3.30. The van der Waals surface area contributed by atoms with E-state index in [1.54, 1.807) is 12.1 Å². The van der Waals surface area contributed by atoms with Gasteiger partial charge in [-0.05, 0) is 46.4 Å². The molecule has 5 rings (SSSR count). The van der Waals surface area contributed by atoms with Crippen LogP contribution in [0.2, 0.25) is 0 Å². The van der Waals surface area contributed by atoms with Gasteiger partial charge >= 0.3 is 6.09 Å². The predicted octanol–water partition coefficient (Wildman–Crippen LogP) is 4.88. The molecular weight excluding hydrogens is 381 g/mol. The molecular formula is C25H22FNO3. The summed E-state index contributed by atoms with van der Waals surface area (Å²) in [6.07, 6.45) is -0.791. The molecule has 3 aromatic rings. The van der Waals surface area contributed by atoms with Gasteiger partial charge in [0.05, 0.1) is 12.1 Å². The molecule has 1 amide bonds. The number of aliphatic hydroxyl groups excluding tert-OH is 1. The van der Waals surface area contributed by atoms with Gasteiger partial charge in [-0.3, -0.25) is 4.90 Å². The third-order valence-electron chi connectivity index (χ3n) is 6.13. The van der Waals surface area contributed by atoms with E-state index in [1.807, 2.05) is 24.3 Å². The summed E-state index contributed by atoms with van der Waals surface area (Å²) in [5.41, 5.74) is 5.21. The summed E-state index contributed by atoms with van der Waals surface area (Å²) in [4.78, 5) is 14.4. The highest BCUT2D eigenvalue weighted by Gasteiger charge is 2.39. The van der Waals surface area contributed by atoms with Crippen LogP contribution < -0.4 is 0 Å². The summed E-state index contributed by atoms with van der Waals surface area (Å²) in [5.74, 6) is -0.416. The third-order valence-corrected chi connectivity index (χ3v) is 6.13. The van der Waals surface area contributed by atoms with Gasteiger partial charge in [0, 0.05) is 12.5 Å². The highest BCUT2D eigenvalue weighted by Crippen LogP contribution is 2.44. The van der Waals surface area contributed by atoms with Crippen LogP contribution in [0.25, 0.3) is 11.1 Å². The first-order valence-electron chi connectivity index (χ1n) is 10.2. The van der Waals surface area contributed by atoms with Gasteiger partial charge < -0.3 is 9.84 Å². The molecule has 0 unspecified atom stereocenters. The first kappa shape index (κ1) is 18.8. The maximum Gasteiger partial charge on any atom is 0.410 e. The summed E-state index contributed by atoms with van der Waals surface area (Å²) in [7, 11) is 0. The van der Waals surface area contributed by atoms with Crippen molar-refractivity contribution in [2.45, 2.75) is 24.5 Å². The van der Waals surface area contributed by atoms with E-state index in [-0.39, 0.29) is 18.3 Å². The van der Waals surface area contributed by atoms with Gasteiger partial charge in [-0.25, -0.2) is 9.18 Å². The van der Waals surface area contributed by atoms with Gasteiger partial charge in [0.15, 0.2) is 0 Å². The van der Waals surface area contributed by atoms with Crippen LogP contribution in [0.3, 0.4) is 0 Å². The molecule has 1 aliphatic carbocycles. The number of amides is 1. The molecule has 0 saturated carbocycles. The van der Waals surface area contributed by atoms with Crippen molar-refractivity contribution in [3.8, 4) is 11.1 Å². The van der Waals surface area contributed by atoms with Crippen LogP contribution in [0, 0.1) is 5.82 Å². The molecule has 0 bridgehead atoms. The highest BCUT2D eigenvalue weighted by molar-refractivity contribution is 5.79. The largest absolute Gasteiger partial charge is 0.448 e. The highest BCUT2D eigenvalue weighted by atomic mass is 19.1. The number of aliphatic hydroxyl groups is 1. The second-order valence-corrected chi connectivity index (χ2v) is 7.85. The van der Waals surface area contributed by atoms with E-state index in [1.165, 1.54) is 28.2 Å². The van der Waals surface area contributed by atoms with E-state index in [0.717, 1.165) is 11.1 Å². The van der Waals surface area contributed by atoms with Crippen molar-refractivity contribution in [2.75, 3.05) is 13.2 Å². The minimum absolute atomic E-state index is 0.0264. The molecule has 1 N–H and O–H groups in total. The molecule has 5 heteroatoms. The molecule has 1 fully saturated rings. The van der Waals surface area contributed by atoms with Gasteiger partial charge in [0.2, 0.25) is 0 Å². The standard InChI is InChI=1S/C25H22FNO3/c26-17-7-5-6-16(14-17)24-23(28)12-13-27(24)25(29)30-15-22-20-10-3-1-8-18(20)19-9-2-4-11-21(19)22/h1-11,14,22-24,28H,12-13,15H2/t23-,24-/m1/s1. The number of halogens is 1. The predicted molar refractivity (Wildman–Crippen MR) is 112 cm³/mol. The van der Waals surface area contributed by atoms with E-state index in [4.69, 9.17) is 4.74 Å². The van der Waals surface area contributed by atoms with Crippen molar-refractivity contribution in [3.05, 3.63) is 95.3 Å². The topological polar surface area (TPSA) is 49.8 Å². The zero-order valence-electron chi connectivity index (χ0n) is 16.4. The fraction of sp³-hybridized carbons (Fsp3) is 0.240. The third kappa shape index (κ3) is 3.15. The minimum atomic E-state index is -0.743. The Kier molecular flexibility index (Phi) is 4.75. The Balaban J connectivity index is 1.36. The molecule has 0 aromatic heterocycles. The first-order chi connectivity index (χ1) is 14.6. The maximum atomic E-state index is 13.7. The fourth-order valence-electron chi connectivity index (χ4n) is 4.75. The minimum Gasteiger partial charge on any atom is -0.448 e. The Bertz CT molecular complexity index is 1050. The van der Waals surface area contributed by atoms with Gasteiger partial charge in [0.1, 0.15) is 12.4 Å². The van der Waals surface area contributed by atoms with Gasteiger partial charge in [-0.1, -0.05) is 60.7 Å². The molecule has 3 aromatic carbocycles. The summed E-state index contributed by atoms with van der Waals surface area (Å²) in [5, 5.41) is 10.4. The van der Waals surface area contributed by atoms with Crippen LogP contribution in [-0.2, 0) is 4.74 Å². The zero-order valence-corrected chi connectivity index (χ0v) is 16.4. The molecule has 152 valence electrons. The number of hydrogen-bond donors (Lipinski definition) is 1. The number of carbonyl (C=O) groups excluding carboxylic acids is 1. The quantitative estimate of drug-likeness (QED) is 0.678. The summed E-state index contributed by atoms with van der Waals surface area (Å²) in [6.45, 7) is 0.592. The summed E-state index contributed by atoms with van der Waals surface area (Å²) in [6, 6.07) is 21.8. The van der Waals surface area contributed by atoms with Crippen LogP contribution in [0.15, 0.2) is 72.8 Å². The maximum absolute atomic E-state index is 13.7. The lowest BCUT2D eigenvalue weighted by Crippen LogP contribution is -2.34. The van der Waals surface area contributed by atoms with Crippen molar-refractivity contribution in [1.82, 2.24) is 4.90 Å². The van der Waals surface area contributed by atoms with E-state index in [0.29, 0.717) is 18.5 Å². The Hall–Kier alpha value is -3.18. The van der Waals surface area contributed by atoms with Crippen molar-refractivity contribution >= 4 is 6.09 Å². The Morgan fingerprint density at radius 2 is 1.67 bits per heavy atom. The molecule has 1 saturated heterocycles. The SMILES string of the molecule is O=C(OCC1c2ccccc2-c2ccccc21)N1CC[C@@H](O)[C@H]1c1cccc(F)c1. The molecule has 0 radical (unpaired) electrons. The molecule has 1 heterocycles. The lowest BCUT2D eigenvalue weighted by molar-refractivity contribution is 0.0740. The molecule has 1 aliphatic heterocycles. The van der Waals surface area contributed by atoms with E-state index in [9.17, 15) is 14.3 Å². The number of fused-ring (bicyclic) bond motifs is 3. The average molecular weight is 403 g/mol. The van der Waals surface area contributed by atoms with Crippen LogP contribution in [0.4, 0.5) is 9.18 Å². The molecule has 4 nitrogen and oxygen atoms in total. The van der Waals surface area contributed by atoms with Crippen molar-refractivity contribution in [2.24, 2.45) is 0 Å². The van der Waals surface area contributed by atoms with E-state index >= 15 is 0 Å². The molecule has 30 heavy (non-hydrogen) atoms. The van der Waals surface area contributed by atoms with Crippen LogP contribution >= 0.6 is 0 Å². The van der Waals surface area contributed by atoms with E-state index in [2.05, 4.69) is 24.3 Å². The van der Waals surface area contributed by atoms with Crippen molar-refractivity contribution in [3.63, 3.8) is 0 Å². The Morgan fingerprint density at radius 1 is 1.00 bits per heavy atom. The number of rotatable bonds is 3. The number of benzene rings is 3. The second kappa shape index (κ2) is 7.58. The summed E-state index contributed by atoms with van der Waals surface area (Å²) < 4.78 is 19.4. The van der Waals surface area contributed by atoms with Crippen LogP contribution in [0.5, 0.6) is 0 Å². The van der Waals surface area contributed by atoms with Gasteiger partial charge in [-0.15, -0.1) is 0 Å². The van der Waals surface area contributed by atoms with Crippen molar-refractivity contribution in [1.29, 1.82) is 0 Å². The number of likely N-dealkylation sites (tertiary alicyclic amines) is 1. The number of hydrogen-bond acceptors (Lipinski definition) is 3. The summed E-state index contributed by atoms with van der Waals surface area (Å²) >= 11 is 0. The molecule has 2 aliphatic rings. The first-order valence-corrected chi connectivity index (χ1v) is 10.2. The fourth-order valence-corrected chi connectivity index (χ4v) is 4.75. The molecule has 2 atom stereocenters. The lowest BCUT2D eigenvalue weighted by atomic mass is 9.98. The zero-order chi connectivity index (χ0) is 20.7. The van der Waals surface area contributed by atoms with E-state index < -0.39 is 18.2 Å². The normalized spacial score (nSPS) is 20.1. The number of carbonyl (C=O) groups is 1. The Labute approximate surface area is 174 Å². The van der Waals surface area contributed by atoms with Crippen molar-refractivity contribution < 1.29 is 19.0 Å². The number of ether oxygens (including phenoxy) is 1. The smallest absolute Gasteiger partial charge is 0.410 e. The van der Waals surface area contributed by atoms with Gasteiger partial charge in [-0.2, -0.15) is 0 Å². The second-order valence-electron chi connectivity index (χ2n) is 7.85. The molecule has 0 spiro atoms. The van der Waals surface area contributed by atoms with Crippen LogP contribution in [-0.4, -0.2) is 35.4 Å². The Morgan fingerprint density at radius 3 is 2.33 bits per heavy atom.